The van der Waals surface area contributed by atoms with Crippen molar-refractivity contribution in [2.45, 2.75) is 19.8 Å². The van der Waals surface area contributed by atoms with Crippen LogP contribution in [0.4, 0.5) is 5.69 Å². The lowest BCUT2D eigenvalue weighted by molar-refractivity contribution is -0.115. The smallest absolute Gasteiger partial charge is 0.263 e. The number of benzene rings is 2. The first-order valence-corrected chi connectivity index (χ1v) is 8.41. The summed E-state index contributed by atoms with van der Waals surface area (Å²) in [6.45, 7) is 2.04. The van der Waals surface area contributed by atoms with E-state index in [9.17, 15) is 4.79 Å². The summed E-state index contributed by atoms with van der Waals surface area (Å²) in [5.74, 6) is -0.0612. The van der Waals surface area contributed by atoms with Gasteiger partial charge in [0.1, 0.15) is 0 Å². The van der Waals surface area contributed by atoms with E-state index in [4.69, 9.17) is 0 Å². The number of nitrogens with one attached hydrogen (secondary N) is 1. The number of carbonyl (C=O) groups excluding carboxylic acids is 1. The Labute approximate surface area is 140 Å². The third kappa shape index (κ3) is 4.33. The van der Waals surface area contributed by atoms with Gasteiger partial charge in [0.15, 0.2) is 5.17 Å². The number of rotatable bonds is 4. The molecule has 1 heterocycles. The molecule has 0 spiro atoms. The van der Waals surface area contributed by atoms with E-state index in [0.717, 1.165) is 23.4 Å². The van der Waals surface area contributed by atoms with Crippen LogP contribution in [0.1, 0.15) is 17.5 Å². The van der Waals surface area contributed by atoms with Gasteiger partial charge in [-0.1, -0.05) is 54.1 Å². The number of aryl methyl sites for hydroxylation is 2. The van der Waals surface area contributed by atoms with Crippen LogP contribution in [-0.2, 0) is 11.2 Å². The fourth-order valence-corrected chi connectivity index (χ4v) is 3.12. The molecule has 1 saturated heterocycles. The Morgan fingerprint density at radius 1 is 1.09 bits per heavy atom. The topological polar surface area (TPSA) is 41.5 Å². The van der Waals surface area contributed by atoms with Crippen molar-refractivity contribution in [3.05, 3.63) is 76.7 Å². The van der Waals surface area contributed by atoms with Gasteiger partial charge in [0.25, 0.3) is 5.91 Å². The van der Waals surface area contributed by atoms with Gasteiger partial charge < -0.3 is 5.32 Å². The van der Waals surface area contributed by atoms with E-state index >= 15 is 0 Å². The minimum Gasteiger partial charge on any atom is -0.300 e. The summed E-state index contributed by atoms with van der Waals surface area (Å²) in [6.07, 6.45) is 3.77. The zero-order valence-electron chi connectivity index (χ0n) is 13.0. The quantitative estimate of drug-likeness (QED) is 0.850. The molecule has 1 aliphatic heterocycles. The standard InChI is InChI=1S/C19H18N2OS/c1-14-10-12-16(13-11-14)20-19-21-18(22)17(23-19)9-5-8-15-6-3-2-4-7-15/h2-4,6-7,9-13H,5,8H2,1H3,(H,20,21,22). The molecule has 0 unspecified atom stereocenters. The maximum Gasteiger partial charge on any atom is 0.263 e. The SMILES string of the molecule is Cc1ccc(N=C2NC(=O)C(=CCCc3ccccc3)S2)cc1. The Hall–Kier alpha value is -2.33. The van der Waals surface area contributed by atoms with E-state index in [1.807, 2.05) is 55.5 Å². The van der Waals surface area contributed by atoms with Gasteiger partial charge in [-0.25, -0.2) is 4.99 Å². The van der Waals surface area contributed by atoms with Gasteiger partial charge in [-0.2, -0.15) is 0 Å². The van der Waals surface area contributed by atoms with Crippen LogP contribution in [0.2, 0.25) is 0 Å². The van der Waals surface area contributed by atoms with Crippen molar-refractivity contribution in [2.75, 3.05) is 0 Å². The third-order valence-corrected chi connectivity index (χ3v) is 4.48. The molecule has 1 aliphatic rings. The van der Waals surface area contributed by atoms with Gasteiger partial charge >= 0.3 is 0 Å². The Morgan fingerprint density at radius 2 is 1.83 bits per heavy atom. The lowest BCUT2D eigenvalue weighted by atomic mass is 10.1. The average Bonchev–Trinajstić information content (AvgIpc) is 2.90. The van der Waals surface area contributed by atoms with E-state index in [2.05, 4.69) is 22.4 Å². The zero-order valence-corrected chi connectivity index (χ0v) is 13.8. The highest BCUT2D eigenvalue weighted by atomic mass is 32.2. The van der Waals surface area contributed by atoms with Crippen molar-refractivity contribution in [3.8, 4) is 0 Å². The fourth-order valence-electron chi connectivity index (χ4n) is 2.27. The molecule has 2 aromatic rings. The van der Waals surface area contributed by atoms with Crippen LogP contribution in [0.15, 0.2) is 70.6 Å². The molecule has 0 radical (unpaired) electrons. The van der Waals surface area contributed by atoms with Gasteiger partial charge in [-0.15, -0.1) is 0 Å². The molecule has 1 N–H and O–H groups in total. The molecule has 0 aromatic heterocycles. The molecular weight excluding hydrogens is 304 g/mol. The number of amidine groups is 1. The van der Waals surface area contributed by atoms with E-state index in [1.54, 1.807) is 0 Å². The monoisotopic (exact) mass is 322 g/mol. The fraction of sp³-hybridized carbons (Fsp3) is 0.158. The van der Waals surface area contributed by atoms with Crippen LogP contribution >= 0.6 is 11.8 Å². The van der Waals surface area contributed by atoms with Crippen LogP contribution in [0, 0.1) is 6.92 Å². The second-order valence-electron chi connectivity index (χ2n) is 5.40. The van der Waals surface area contributed by atoms with E-state index in [1.165, 1.54) is 22.9 Å². The number of thioether (sulfide) groups is 1. The Bertz CT molecular complexity index is 749. The number of hydrogen-bond donors (Lipinski definition) is 1. The maximum atomic E-state index is 12.0. The molecule has 0 atom stereocenters. The minimum atomic E-state index is -0.0612. The molecule has 0 aliphatic carbocycles. The van der Waals surface area contributed by atoms with Crippen LogP contribution in [0.25, 0.3) is 0 Å². The average molecular weight is 322 g/mol. The predicted molar refractivity (Wildman–Crippen MR) is 96.9 cm³/mol. The van der Waals surface area contributed by atoms with Crippen molar-refractivity contribution < 1.29 is 4.79 Å². The molecule has 0 bridgehead atoms. The highest BCUT2D eigenvalue weighted by molar-refractivity contribution is 8.18. The molecule has 1 amide bonds. The number of nitrogens with zero attached hydrogens (tertiary/aromatic N) is 1. The van der Waals surface area contributed by atoms with Crippen LogP contribution < -0.4 is 5.32 Å². The summed E-state index contributed by atoms with van der Waals surface area (Å²) in [7, 11) is 0. The number of hydrogen-bond acceptors (Lipinski definition) is 3. The van der Waals surface area contributed by atoms with Gasteiger partial charge in [-0.3, -0.25) is 4.79 Å². The summed E-state index contributed by atoms with van der Waals surface area (Å²) in [5.41, 5.74) is 3.32. The van der Waals surface area contributed by atoms with Crippen molar-refractivity contribution in [1.82, 2.24) is 5.32 Å². The lowest BCUT2D eigenvalue weighted by Gasteiger charge is -1.97. The minimum absolute atomic E-state index is 0.0612. The number of carbonyl (C=O) groups is 1. The largest absolute Gasteiger partial charge is 0.300 e. The number of allylic oxidation sites excluding steroid dienone is 1. The predicted octanol–water partition coefficient (Wildman–Crippen LogP) is 4.36. The first-order valence-electron chi connectivity index (χ1n) is 7.59. The zero-order chi connectivity index (χ0) is 16.1. The van der Waals surface area contributed by atoms with Gasteiger partial charge in [0.2, 0.25) is 0 Å². The maximum absolute atomic E-state index is 12.0. The molecule has 116 valence electrons. The van der Waals surface area contributed by atoms with Crippen LogP contribution in [-0.4, -0.2) is 11.1 Å². The van der Waals surface area contributed by atoms with E-state index in [0.29, 0.717) is 5.17 Å². The summed E-state index contributed by atoms with van der Waals surface area (Å²) in [4.78, 5) is 17.2. The number of amides is 1. The number of aliphatic imine (C=N–C) groups is 1. The van der Waals surface area contributed by atoms with Crippen molar-refractivity contribution in [2.24, 2.45) is 4.99 Å². The molecular formula is C19H18N2OS. The highest BCUT2D eigenvalue weighted by Crippen LogP contribution is 2.26. The van der Waals surface area contributed by atoms with E-state index in [-0.39, 0.29) is 5.91 Å². The van der Waals surface area contributed by atoms with Crippen molar-refractivity contribution in [3.63, 3.8) is 0 Å². The first kappa shape index (κ1) is 15.6. The molecule has 3 nitrogen and oxygen atoms in total. The van der Waals surface area contributed by atoms with E-state index < -0.39 is 0 Å². The summed E-state index contributed by atoms with van der Waals surface area (Å²) < 4.78 is 0. The Kier molecular flexibility index (Phi) is 4.93. The first-order chi connectivity index (χ1) is 11.2. The molecule has 2 aromatic carbocycles. The molecule has 1 fully saturated rings. The molecule has 0 saturated carbocycles. The Balaban J connectivity index is 1.62. The molecule has 23 heavy (non-hydrogen) atoms. The summed E-state index contributed by atoms with van der Waals surface area (Å²) >= 11 is 1.40. The molecule has 4 heteroatoms. The highest BCUT2D eigenvalue weighted by Gasteiger charge is 2.23. The van der Waals surface area contributed by atoms with Crippen LogP contribution in [0.5, 0.6) is 0 Å². The third-order valence-electron chi connectivity index (χ3n) is 3.52. The molecule has 3 rings (SSSR count). The van der Waals surface area contributed by atoms with Crippen LogP contribution in [0.3, 0.4) is 0 Å². The lowest BCUT2D eigenvalue weighted by Crippen LogP contribution is -2.19. The van der Waals surface area contributed by atoms with Gasteiger partial charge in [-0.05, 0) is 49.2 Å². The Morgan fingerprint density at radius 3 is 2.57 bits per heavy atom. The second kappa shape index (κ2) is 7.29. The summed E-state index contributed by atoms with van der Waals surface area (Å²) in [6, 6.07) is 18.2. The van der Waals surface area contributed by atoms with Crippen molar-refractivity contribution in [1.29, 1.82) is 0 Å². The summed E-state index contributed by atoms with van der Waals surface area (Å²) in [5, 5.41) is 3.46. The second-order valence-corrected chi connectivity index (χ2v) is 6.43. The normalized spacial score (nSPS) is 17.7. The van der Waals surface area contributed by atoms with Gasteiger partial charge in [0, 0.05) is 0 Å². The van der Waals surface area contributed by atoms with Gasteiger partial charge in [0.05, 0.1) is 10.6 Å². The van der Waals surface area contributed by atoms with Crippen molar-refractivity contribution >= 4 is 28.5 Å².